The number of carbonyl (C=O) groups excluding carboxylic acids is 1. The van der Waals surface area contributed by atoms with Crippen molar-refractivity contribution in [1.29, 1.82) is 0 Å². The third-order valence-corrected chi connectivity index (χ3v) is 3.92. The molecule has 1 aliphatic carbocycles. The molecule has 2 heteroatoms. The monoisotopic (exact) mass is 225 g/mol. The quantitative estimate of drug-likeness (QED) is 0.763. The first kappa shape index (κ1) is 13.5. The lowest BCUT2D eigenvalue weighted by Crippen LogP contribution is -2.32. The molecule has 0 saturated heterocycles. The molecule has 0 aromatic heterocycles. The highest BCUT2D eigenvalue weighted by atomic mass is 16.1. The Hall–Kier alpha value is -0.530. The fourth-order valence-electron chi connectivity index (χ4n) is 3.08. The molecule has 0 aliphatic heterocycles. The first-order chi connectivity index (χ1) is 7.47. The van der Waals surface area contributed by atoms with Gasteiger partial charge in [-0.2, -0.15) is 0 Å². The van der Waals surface area contributed by atoms with Gasteiger partial charge in [-0.1, -0.05) is 33.6 Å². The molecule has 16 heavy (non-hydrogen) atoms. The zero-order valence-electron chi connectivity index (χ0n) is 11.3. The number of rotatable bonds is 5. The molecule has 0 spiro atoms. The van der Waals surface area contributed by atoms with Crippen LogP contribution in [0, 0.1) is 17.3 Å². The van der Waals surface area contributed by atoms with Crippen LogP contribution in [-0.4, -0.2) is 13.0 Å². The lowest BCUT2D eigenvalue weighted by molar-refractivity contribution is -0.126. The van der Waals surface area contributed by atoms with Crippen LogP contribution in [0.15, 0.2) is 0 Å². The van der Waals surface area contributed by atoms with Gasteiger partial charge in [0.15, 0.2) is 0 Å². The predicted molar refractivity (Wildman–Crippen MR) is 68.2 cm³/mol. The third-order valence-electron chi connectivity index (χ3n) is 3.92. The fraction of sp³-hybridized carbons (Fsp3) is 0.929. The molecule has 1 aliphatic rings. The topological polar surface area (TPSA) is 29.1 Å². The Balaban J connectivity index is 2.58. The van der Waals surface area contributed by atoms with Gasteiger partial charge in [-0.25, -0.2) is 0 Å². The Kier molecular flexibility index (Phi) is 4.82. The van der Waals surface area contributed by atoms with E-state index in [-0.39, 0.29) is 11.8 Å². The second-order valence-corrected chi connectivity index (χ2v) is 6.16. The van der Waals surface area contributed by atoms with Gasteiger partial charge in [0.05, 0.1) is 0 Å². The van der Waals surface area contributed by atoms with Crippen LogP contribution in [0.1, 0.15) is 59.3 Å². The molecule has 2 nitrogen and oxygen atoms in total. The first-order valence-electron chi connectivity index (χ1n) is 6.68. The molecule has 0 bridgehead atoms. The standard InChI is InChI=1S/C14H27NO/c1-11(2)9-12(13(16)15-4)10-14(3)7-5-6-8-14/h11-12H,5-10H2,1-4H3,(H,15,16). The number of amides is 1. The van der Waals surface area contributed by atoms with Gasteiger partial charge in [-0.3, -0.25) is 4.79 Å². The molecule has 0 aromatic carbocycles. The maximum Gasteiger partial charge on any atom is 0.222 e. The number of hydrogen-bond donors (Lipinski definition) is 1. The van der Waals surface area contributed by atoms with Crippen molar-refractivity contribution in [2.45, 2.75) is 59.3 Å². The van der Waals surface area contributed by atoms with Crippen molar-refractivity contribution < 1.29 is 4.79 Å². The maximum atomic E-state index is 11.9. The van der Waals surface area contributed by atoms with E-state index in [0.717, 1.165) is 12.8 Å². The fourth-order valence-corrected chi connectivity index (χ4v) is 3.08. The summed E-state index contributed by atoms with van der Waals surface area (Å²) in [6.07, 6.45) is 7.40. The van der Waals surface area contributed by atoms with E-state index in [9.17, 15) is 4.79 Å². The van der Waals surface area contributed by atoms with Gasteiger partial charge >= 0.3 is 0 Å². The second-order valence-electron chi connectivity index (χ2n) is 6.16. The van der Waals surface area contributed by atoms with Crippen LogP contribution in [0.25, 0.3) is 0 Å². The Morgan fingerprint density at radius 3 is 2.31 bits per heavy atom. The minimum Gasteiger partial charge on any atom is -0.359 e. The van der Waals surface area contributed by atoms with E-state index in [1.165, 1.54) is 25.7 Å². The Morgan fingerprint density at radius 1 is 1.31 bits per heavy atom. The van der Waals surface area contributed by atoms with Crippen molar-refractivity contribution in [1.82, 2.24) is 5.32 Å². The minimum absolute atomic E-state index is 0.216. The SMILES string of the molecule is CNC(=O)C(CC(C)C)CC1(C)CCCC1. The van der Waals surface area contributed by atoms with E-state index in [1.807, 2.05) is 0 Å². The van der Waals surface area contributed by atoms with Crippen LogP contribution in [0.4, 0.5) is 0 Å². The summed E-state index contributed by atoms with van der Waals surface area (Å²) in [4.78, 5) is 11.9. The van der Waals surface area contributed by atoms with Crippen LogP contribution in [0.3, 0.4) is 0 Å². The highest BCUT2D eigenvalue weighted by Gasteiger charge is 2.33. The normalized spacial score (nSPS) is 21.1. The molecule has 1 N–H and O–H groups in total. The van der Waals surface area contributed by atoms with Crippen molar-refractivity contribution in [2.24, 2.45) is 17.3 Å². The number of nitrogens with one attached hydrogen (secondary N) is 1. The van der Waals surface area contributed by atoms with Gasteiger partial charge in [-0.15, -0.1) is 0 Å². The molecule has 0 heterocycles. The van der Waals surface area contributed by atoms with Gasteiger partial charge in [0.1, 0.15) is 0 Å². The van der Waals surface area contributed by atoms with Crippen LogP contribution in [0.5, 0.6) is 0 Å². The summed E-state index contributed by atoms with van der Waals surface area (Å²) < 4.78 is 0. The molecule has 1 saturated carbocycles. The Morgan fingerprint density at radius 2 is 1.88 bits per heavy atom. The van der Waals surface area contributed by atoms with Gasteiger partial charge in [-0.05, 0) is 37.0 Å². The maximum absolute atomic E-state index is 11.9. The van der Waals surface area contributed by atoms with Crippen molar-refractivity contribution in [2.75, 3.05) is 7.05 Å². The van der Waals surface area contributed by atoms with Crippen LogP contribution >= 0.6 is 0 Å². The third kappa shape index (κ3) is 3.80. The largest absolute Gasteiger partial charge is 0.359 e. The number of carbonyl (C=O) groups is 1. The molecule has 1 unspecified atom stereocenters. The average Bonchev–Trinajstić information content (AvgIpc) is 2.62. The van der Waals surface area contributed by atoms with E-state index in [2.05, 4.69) is 26.1 Å². The summed E-state index contributed by atoms with van der Waals surface area (Å²) in [5.74, 6) is 1.06. The molecular formula is C14H27NO. The van der Waals surface area contributed by atoms with Crippen molar-refractivity contribution in [3.8, 4) is 0 Å². The van der Waals surface area contributed by atoms with E-state index in [1.54, 1.807) is 7.05 Å². The van der Waals surface area contributed by atoms with Crippen molar-refractivity contribution >= 4 is 5.91 Å². The molecule has 1 atom stereocenters. The van der Waals surface area contributed by atoms with E-state index in [4.69, 9.17) is 0 Å². The molecular weight excluding hydrogens is 198 g/mol. The lowest BCUT2D eigenvalue weighted by Gasteiger charge is -2.29. The van der Waals surface area contributed by atoms with Gasteiger partial charge < -0.3 is 5.32 Å². The molecule has 0 radical (unpaired) electrons. The Bertz CT molecular complexity index is 229. The Labute approximate surface area is 100 Å². The van der Waals surface area contributed by atoms with Crippen LogP contribution in [0.2, 0.25) is 0 Å². The molecule has 94 valence electrons. The van der Waals surface area contributed by atoms with Gasteiger partial charge in [0.2, 0.25) is 5.91 Å². The van der Waals surface area contributed by atoms with E-state index in [0.29, 0.717) is 11.3 Å². The molecule has 1 amide bonds. The smallest absolute Gasteiger partial charge is 0.222 e. The average molecular weight is 225 g/mol. The van der Waals surface area contributed by atoms with Crippen molar-refractivity contribution in [3.05, 3.63) is 0 Å². The van der Waals surface area contributed by atoms with Crippen molar-refractivity contribution in [3.63, 3.8) is 0 Å². The first-order valence-corrected chi connectivity index (χ1v) is 6.68. The lowest BCUT2D eigenvalue weighted by atomic mass is 9.77. The van der Waals surface area contributed by atoms with Crippen LogP contribution in [-0.2, 0) is 4.79 Å². The van der Waals surface area contributed by atoms with Gasteiger partial charge in [0, 0.05) is 13.0 Å². The molecule has 0 aromatic rings. The zero-order valence-corrected chi connectivity index (χ0v) is 11.3. The second kappa shape index (κ2) is 5.70. The summed E-state index contributed by atoms with van der Waals surface area (Å²) >= 11 is 0. The molecule has 1 rings (SSSR count). The predicted octanol–water partition coefficient (Wildman–Crippen LogP) is 3.37. The minimum atomic E-state index is 0.216. The summed E-state index contributed by atoms with van der Waals surface area (Å²) in [6, 6.07) is 0. The van der Waals surface area contributed by atoms with E-state index < -0.39 is 0 Å². The summed E-state index contributed by atoms with van der Waals surface area (Å²) in [5, 5.41) is 2.82. The summed E-state index contributed by atoms with van der Waals surface area (Å²) in [5.41, 5.74) is 0.423. The number of hydrogen-bond acceptors (Lipinski definition) is 1. The molecule has 1 fully saturated rings. The highest BCUT2D eigenvalue weighted by molar-refractivity contribution is 5.78. The zero-order chi connectivity index (χ0) is 12.2. The van der Waals surface area contributed by atoms with Gasteiger partial charge in [0.25, 0.3) is 0 Å². The highest BCUT2D eigenvalue weighted by Crippen LogP contribution is 2.43. The van der Waals surface area contributed by atoms with Crippen LogP contribution < -0.4 is 5.32 Å². The summed E-state index contributed by atoms with van der Waals surface area (Å²) in [6.45, 7) is 6.76. The van der Waals surface area contributed by atoms with E-state index >= 15 is 0 Å². The summed E-state index contributed by atoms with van der Waals surface area (Å²) in [7, 11) is 1.76.